The van der Waals surface area contributed by atoms with E-state index in [1.807, 2.05) is 36.5 Å². The number of fused-ring (bicyclic) bond motifs is 1. The Bertz CT molecular complexity index is 1120. The number of hydrogen-bond donors (Lipinski definition) is 2. The van der Waals surface area contributed by atoms with Gasteiger partial charge in [0.2, 0.25) is 5.91 Å². The lowest BCUT2D eigenvalue weighted by Crippen LogP contribution is -2.43. The Morgan fingerprint density at radius 2 is 2.03 bits per heavy atom. The monoisotopic (exact) mass is 419 g/mol. The maximum absolute atomic E-state index is 12.9. The van der Waals surface area contributed by atoms with Gasteiger partial charge in [-0.1, -0.05) is 30.3 Å². The van der Waals surface area contributed by atoms with Crippen LogP contribution in [-0.2, 0) is 27.3 Å². The topological polar surface area (TPSA) is 91.5 Å². The van der Waals surface area contributed by atoms with E-state index in [-0.39, 0.29) is 11.8 Å². The Kier molecular flexibility index (Phi) is 6.02. The molecule has 1 saturated heterocycles. The van der Waals surface area contributed by atoms with Crippen LogP contribution in [0.15, 0.2) is 54.7 Å². The predicted octanol–water partition coefficient (Wildman–Crippen LogP) is 2.80. The number of rotatable bonds is 7. The minimum atomic E-state index is -0.819. The van der Waals surface area contributed by atoms with Gasteiger partial charge in [-0.15, -0.1) is 0 Å². The zero-order valence-electron chi connectivity index (χ0n) is 17.4. The molecule has 4 rings (SSSR count). The van der Waals surface area contributed by atoms with Crippen molar-refractivity contribution in [1.82, 2.24) is 15.2 Å². The number of methoxy groups -OCH3 is 1. The van der Waals surface area contributed by atoms with Crippen LogP contribution in [0.1, 0.15) is 34.3 Å². The lowest BCUT2D eigenvalue weighted by atomic mass is 10.0. The number of aromatic nitrogens is 1. The van der Waals surface area contributed by atoms with Crippen molar-refractivity contribution in [3.63, 3.8) is 0 Å². The molecule has 3 aromatic rings. The molecule has 31 heavy (non-hydrogen) atoms. The minimum Gasteiger partial charge on any atom is -0.467 e. The Morgan fingerprint density at radius 3 is 2.81 bits per heavy atom. The molecule has 2 amide bonds. The fourth-order valence-corrected chi connectivity index (χ4v) is 4.00. The van der Waals surface area contributed by atoms with Crippen LogP contribution in [0.3, 0.4) is 0 Å². The van der Waals surface area contributed by atoms with Crippen molar-refractivity contribution in [1.29, 1.82) is 0 Å². The van der Waals surface area contributed by atoms with E-state index < -0.39 is 12.0 Å². The molecule has 2 heterocycles. The molecule has 1 fully saturated rings. The summed E-state index contributed by atoms with van der Waals surface area (Å²) in [7, 11) is 1.31. The molecule has 160 valence electrons. The van der Waals surface area contributed by atoms with Crippen LogP contribution >= 0.6 is 0 Å². The first-order valence-corrected chi connectivity index (χ1v) is 10.4. The van der Waals surface area contributed by atoms with Gasteiger partial charge in [0.05, 0.1) is 7.11 Å². The number of aromatic amines is 1. The third kappa shape index (κ3) is 4.60. The summed E-state index contributed by atoms with van der Waals surface area (Å²) >= 11 is 0. The van der Waals surface area contributed by atoms with Crippen LogP contribution < -0.4 is 5.32 Å². The highest BCUT2D eigenvalue weighted by Gasteiger charge is 2.24. The number of carbonyl (C=O) groups excluding carboxylic acids is 3. The standard InChI is InChI=1S/C24H25N3O4/c1-31-24(30)21(13-18-14-25-20-9-3-2-8-19(18)20)26-23(29)17-7-4-6-16(12-17)15-27-11-5-10-22(27)28/h2-4,6-9,12,14,21,25H,5,10-11,13,15H2,1H3,(H,26,29). The van der Waals surface area contributed by atoms with Gasteiger partial charge in [-0.25, -0.2) is 4.79 Å². The Labute approximate surface area is 180 Å². The van der Waals surface area contributed by atoms with E-state index >= 15 is 0 Å². The zero-order chi connectivity index (χ0) is 21.8. The Morgan fingerprint density at radius 1 is 1.19 bits per heavy atom. The summed E-state index contributed by atoms with van der Waals surface area (Å²) < 4.78 is 4.93. The quantitative estimate of drug-likeness (QED) is 0.576. The van der Waals surface area contributed by atoms with E-state index in [1.165, 1.54) is 7.11 Å². The van der Waals surface area contributed by atoms with Crippen molar-refractivity contribution in [2.45, 2.75) is 31.8 Å². The molecule has 1 aliphatic heterocycles. The summed E-state index contributed by atoms with van der Waals surface area (Å²) in [5.74, 6) is -0.721. The predicted molar refractivity (Wildman–Crippen MR) is 116 cm³/mol. The maximum atomic E-state index is 12.9. The fraction of sp³-hybridized carbons (Fsp3) is 0.292. The Balaban J connectivity index is 1.49. The molecular weight excluding hydrogens is 394 g/mol. The van der Waals surface area contributed by atoms with E-state index in [0.29, 0.717) is 24.9 Å². The van der Waals surface area contributed by atoms with Crippen molar-refractivity contribution in [3.8, 4) is 0 Å². The van der Waals surface area contributed by atoms with Gasteiger partial charge in [0, 0.05) is 48.6 Å². The average Bonchev–Trinajstić information content (AvgIpc) is 3.39. The summed E-state index contributed by atoms with van der Waals surface area (Å²) in [5, 5.41) is 3.81. The molecular formula is C24H25N3O4. The van der Waals surface area contributed by atoms with Crippen LogP contribution in [-0.4, -0.2) is 47.4 Å². The molecule has 0 saturated carbocycles. The minimum absolute atomic E-state index is 0.138. The fourth-order valence-electron chi connectivity index (χ4n) is 4.00. The van der Waals surface area contributed by atoms with E-state index in [1.54, 1.807) is 23.1 Å². The number of nitrogens with one attached hydrogen (secondary N) is 2. The highest BCUT2D eigenvalue weighted by molar-refractivity contribution is 5.97. The highest BCUT2D eigenvalue weighted by Crippen LogP contribution is 2.20. The molecule has 1 aliphatic rings. The van der Waals surface area contributed by atoms with E-state index in [4.69, 9.17) is 4.74 Å². The number of carbonyl (C=O) groups is 3. The zero-order valence-corrected chi connectivity index (χ0v) is 17.4. The van der Waals surface area contributed by atoms with Gasteiger partial charge in [0.1, 0.15) is 6.04 Å². The first-order chi connectivity index (χ1) is 15.0. The lowest BCUT2D eigenvalue weighted by Gasteiger charge is -2.18. The number of H-pyrrole nitrogens is 1. The van der Waals surface area contributed by atoms with Gasteiger partial charge in [-0.2, -0.15) is 0 Å². The van der Waals surface area contributed by atoms with Crippen LogP contribution in [0.2, 0.25) is 0 Å². The first-order valence-electron chi connectivity index (χ1n) is 10.4. The normalized spacial score (nSPS) is 14.6. The summed E-state index contributed by atoms with van der Waals surface area (Å²) in [4.78, 5) is 42.2. The summed E-state index contributed by atoms with van der Waals surface area (Å²) in [5.41, 5.74) is 3.22. The largest absolute Gasteiger partial charge is 0.467 e. The number of benzene rings is 2. The molecule has 0 spiro atoms. The van der Waals surface area contributed by atoms with Gasteiger partial charge in [0.25, 0.3) is 5.91 Å². The second kappa shape index (κ2) is 9.04. The van der Waals surface area contributed by atoms with Crippen LogP contribution in [0, 0.1) is 0 Å². The summed E-state index contributed by atoms with van der Waals surface area (Å²) in [6.45, 7) is 1.22. The van der Waals surface area contributed by atoms with Crippen molar-refractivity contribution < 1.29 is 19.1 Å². The average molecular weight is 419 g/mol. The molecule has 2 aromatic carbocycles. The van der Waals surface area contributed by atoms with Crippen molar-refractivity contribution >= 4 is 28.7 Å². The van der Waals surface area contributed by atoms with Crippen LogP contribution in [0.5, 0.6) is 0 Å². The van der Waals surface area contributed by atoms with Crippen LogP contribution in [0.25, 0.3) is 10.9 Å². The second-order valence-electron chi connectivity index (χ2n) is 7.73. The number of hydrogen-bond acceptors (Lipinski definition) is 4. The second-order valence-corrected chi connectivity index (χ2v) is 7.73. The number of amides is 2. The molecule has 0 bridgehead atoms. The van der Waals surface area contributed by atoms with E-state index in [9.17, 15) is 14.4 Å². The summed E-state index contributed by atoms with van der Waals surface area (Å²) in [6.07, 6.45) is 3.60. The van der Waals surface area contributed by atoms with Gasteiger partial charge in [-0.3, -0.25) is 9.59 Å². The molecule has 1 aromatic heterocycles. The number of likely N-dealkylation sites (tertiary alicyclic amines) is 1. The van der Waals surface area contributed by atoms with E-state index in [0.717, 1.165) is 35.0 Å². The maximum Gasteiger partial charge on any atom is 0.328 e. The number of esters is 1. The van der Waals surface area contributed by atoms with Gasteiger partial charge in [0.15, 0.2) is 0 Å². The molecule has 0 aliphatic carbocycles. The molecule has 1 atom stereocenters. The summed E-state index contributed by atoms with van der Waals surface area (Å²) in [6, 6.07) is 14.1. The van der Waals surface area contributed by atoms with Gasteiger partial charge in [-0.05, 0) is 35.7 Å². The third-order valence-corrected chi connectivity index (χ3v) is 5.62. The molecule has 1 unspecified atom stereocenters. The molecule has 0 radical (unpaired) electrons. The Hall–Kier alpha value is -3.61. The first kappa shape index (κ1) is 20.7. The van der Waals surface area contributed by atoms with Gasteiger partial charge >= 0.3 is 5.97 Å². The smallest absolute Gasteiger partial charge is 0.328 e. The molecule has 7 nitrogen and oxygen atoms in total. The van der Waals surface area contributed by atoms with Crippen LogP contribution in [0.4, 0.5) is 0 Å². The molecule has 2 N–H and O–H groups in total. The van der Waals surface area contributed by atoms with Crippen molar-refractivity contribution in [2.75, 3.05) is 13.7 Å². The lowest BCUT2D eigenvalue weighted by molar-refractivity contribution is -0.142. The number of ether oxygens (including phenoxy) is 1. The van der Waals surface area contributed by atoms with Crippen molar-refractivity contribution in [2.24, 2.45) is 0 Å². The van der Waals surface area contributed by atoms with Crippen molar-refractivity contribution in [3.05, 3.63) is 71.4 Å². The number of nitrogens with zero attached hydrogens (tertiary/aromatic N) is 1. The number of para-hydroxylation sites is 1. The third-order valence-electron chi connectivity index (χ3n) is 5.62. The van der Waals surface area contributed by atoms with E-state index in [2.05, 4.69) is 10.3 Å². The van der Waals surface area contributed by atoms with Gasteiger partial charge < -0.3 is 19.9 Å². The highest BCUT2D eigenvalue weighted by atomic mass is 16.5. The molecule has 7 heteroatoms. The SMILES string of the molecule is COC(=O)C(Cc1c[nH]c2ccccc12)NC(=O)c1cccc(CN2CCCC2=O)c1.